The minimum absolute atomic E-state index is 0.0816. The SMILES string of the molecule is CC(C)CC(=O)NC1CC2CCC(C1)N2S(C)(=O)=O. The van der Waals surface area contributed by atoms with E-state index in [1.807, 2.05) is 13.8 Å². The molecule has 19 heavy (non-hydrogen) atoms. The summed E-state index contributed by atoms with van der Waals surface area (Å²) in [5, 5.41) is 3.06. The lowest BCUT2D eigenvalue weighted by atomic mass is 9.99. The van der Waals surface area contributed by atoms with E-state index in [1.165, 1.54) is 6.26 Å². The highest BCUT2D eigenvalue weighted by molar-refractivity contribution is 7.88. The summed E-state index contributed by atoms with van der Waals surface area (Å²) < 4.78 is 25.2. The van der Waals surface area contributed by atoms with Crippen molar-refractivity contribution in [3.8, 4) is 0 Å². The number of carbonyl (C=O) groups excluding carboxylic acids is 1. The van der Waals surface area contributed by atoms with Gasteiger partial charge in [-0.2, -0.15) is 4.31 Å². The van der Waals surface area contributed by atoms with Crippen LogP contribution in [0.1, 0.15) is 46.0 Å². The summed E-state index contributed by atoms with van der Waals surface area (Å²) in [5.41, 5.74) is 0. The molecule has 2 aliphatic heterocycles. The number of nitrogens with one attached hydrogen (secondary N) is 1. The average molecular weight is 288 g/mol. The molecule has 0 aliphatic carbocycles. The van der Waals surface area contributed by atoms with Gasteiger partial charge in [-0.05, 0) is 31.6 Å². The van der Waals surface area contributed by atoms with Crippen molar-refractivity contribution in [3.63, 3.8) is 0 Å². The number of piperidine rings is 1. The summed E-state index contributed by atoms with van der Waals surface area (Å²) >= 11 is 0. The minimum atomic E-state index is -3.11. The minimum Gasteiger partial charge on any atom is -0.353 e. The van der Waals surface area contributed by atoms with E-state index >= 15 is 0 Å². The largest absolute Gasteiger partial charge is 0.353 e. The first kappa shape index (κ1) is 14.8. The van der Waals surface area contributed by atoms with Gasteiger partial charge in [0.05, 0.1) is 6.26 Å². The van der Waals surface area contributed by atoms with Crippen LogP contribution in [0.5, 0.6) is 0 Å². The molecule has 2 rings (SSSR count). The molecule has 0 spiro atoms. The van der Waals surface area contributed by atoms with Gasteiger partial charge in [-0.1, -0.05) is 13.8 Å². The molecule has 2 heterocycles. The Morgan fingerprint density at radius 3 is 2.21 bits per heavy atom. The highest BCUT2D eigenvalue weighted by Crippen LogP contribution is 2.37. The molecule has 2 saturated heterocycles. The van der Waals surface area contributed by atoms with Crippen LogP contribution in [-0.4, -0.2) is 43.0 Å². The average Bonchev–Trinajstić information content (AvgIpc) is 2.50. The number of hydrogen-bond acceptors (Lipinski definition) is 3. The van der Waals surface area contributed by atoms with Crippen molar-refractivity contribution < 1.29 is 13.2 Å². The number of amides is 1. The zero-order valence-electron chi connectivity index (χ0n) is 11.9. The van der Waals surface area contributed by atoms with Crippen molar-refractivity contribution in [3.05, 3.63) is 0 Å². The Kier molecular flexibility index (Phi) is 4.20. The lowest BCUT2D eigenvalue weighted by molar-refractivity contribution is -0.122. The maximum atomic E-state index is 11.8. The van der Waals surface area contributed by atoms with Gasteiger partial charge in [0.2, 0.25) is 15.9 Å². The van der Waals surface area contributed by atoms with Gasteiger partial charge < -0.3 is 5.32 Å². The normalized spacial score (nSPS) is 31.7. The van der Waals surface area contributed by atoms with E-state index in [0.717, 1.165) is 25.7 Å². The first-order valence-electron chi connectivity index (χ1n) is 7.05. The van der Waals surface area contributed by atoms with E-state index < -0.39 is 10.0 Å². The third kappa shape index (κ3) is 3.48. The van der Waals surface area contributed by atoms with E-state index in [-0.39, 0.29) is 24.0 Å². The third-order valence-electron chi connectivity index (χ3n) is 4.01. The maximum absolute atomic E-state index is 11.8. The number of fused-ring (bicyclic) bond motifs is 2. The van der Waals surface area contributed by atoms with Gasteiger partial charge in [0.1, 0.15) is 0 Å². The predicted octanol–water partition coefficient (Wildman–Crippen LogP) is 1.10. The monoisotopic (exact) mass is 288 g/mol. The Morgan fingerprint density at radius 2 is 1.79 bits per heavy atom. The van der Waals surface area contributed by atoms with E-state index in [4.69, 9.17) is 0 Å². The van der Waals surface area contributed by atoms with Crippen LogP contribution in [0.25, 0.3) is 0 Å². The Balaban J connectivity index is 1.95. The molecule has 6 heteroatoms. The molecule has 1 amide bonds. The molecule has 0 aromatic heterocycles. The van der Waals surface area contributed by atoms with Crippen LogP contribution in [0.15, 0.2) is 0 Å². The van der Waals surface area contributed by atoms with Gasteiger partial charge in [0, 0.05) is 24.5 Å². The van der Waals surface area contributed by atoms with Crippen molar-refractivity contribution in [2.45, 2.75) is 64.1 Å². The third-order valence-corrected chi connectivity index (χ3v) is 5.37. The van der Waals surface area contributed by atoms with Crippen molar-refractivity contribution in [1.82, 2.24) is 9.62 Å². The van der Waals surface area contributed by atoms with Crippen LogP contribution >= 0.6 is 0 Å². The van der Waals surface area contributed by atoms with E-state index in [2.05, 4.69) is 5.32 Å². The summed E-state index contributed by atoms with van der Waals surface area (Å²) in [4.78, 5) is 11.8. The van der Waals surface area contributed by atoms with Gasteiger partial charge in [0.25, 0.3) is 0 Å². The van der Waals surface area contributed by atoms with Crippen LogP contribution in [-0.2, 0) is 14.8 Å². The van der Waals surface area contributed by atoms with Gasteiger partial charge >= 0.3 is 0 Å². The second-order valence-electron chi connectivity index (χ2n) is 6.31. The van der Waals surface area contributed by atoms with Crippen LogP contribution in [0.3, 0.4) is 0 Å². The Morgan fingerprint density at radius 1 is 1.26 bits per heavy atom. The highest BCUT2D eigenvalue weighted by atomic mass is 32.2. The summed E-state index contributed by atoms with van der Waals surface area (Å²) in [5.74, 6) is 0.444. The van der Waals surface area contributed by atoms with Crippen molar-refractivity contribution in [1.29, 1.82) is 0 Å². The fourth-order valence-corrected chi connectivity index (χ4v) is 4.92. The molecule has 2 aliphatic rings. The standard InChI is InChI=1S/C13H24N2O3S/c1-9(2)6-13(16)14-10-7-11-4-5-12(8-10)15(11)19(3,17)18/h9-12H,4-8H2,1-3H3,(H,14,16). The van der Waals surface area contributed by atoms with Crippen molar-refractivity contribution in [2.24, 2.45) is 5.92 Å². The number of nitrogens with zero attached hydrogens (tertiary/aromatic N) is 1. The molecule has 0 saturated carbocycles. The van der Waals surface area contributed by atoms with Gasteiger partial charge in [-0.15, -0.1) is 0 Å². The lowest BCUT2D eigenvalue weighted by Gasteiger charge is -2.37. The molecule has 0 radical (unpaired) electrons. The van der Waals surface area contributed by atoms with Crippen LogP contribution in [0.2, 0.25) is 0 Å². The molecule has 2 unspecified atom stereocenters. The first-order valence-corrected chi connectivity index (χ1v) is 8.90. The van der Waals surface area contributed by atoms with E-state index in [1.54, 1.807) is 4.31 Å². The summed E-state index contributed by atoms with van der Waals surface area (Å²) in [6.45, 7) is 4.05. The van der Waals surface area contributed by atoms with Gasteiger partial charge in [0.15, 0.2) is 0 Å². The second-order valence-corrected chi connectivity index (χ2v) is 8.20. The first-order chi connectivity index (χ1) is 8.77. The smallest absolute Gasteiger partial charge is 0.220 e. The number of sulfonamides is 1. The Bertz CT molecular complexity index is 433. The molecule has 5 nitrogen and oxygen atoms in total. The lowest BCUT2D eigenvalue weighted by Crippen LogP contribution is -2.52. The fourth-order valence-electron chi connectivity index (χ4n) is 3.45. The molecule has 0 aromatic rings. The molecule has 2 atom stereocenters. The van der Waals surface area contributed by atoms with Gasteiger partial charge in [-0.25, -0.2) is 8.42 Å². The molecule has 110 valence electrons. The summed E-state index contributed by atoms with van der Waals surface area (Å²) in [6.07, 6.45) is 5.20. The van der Waals surface area contributed by atoms with Gasteiger partial charge in [-0.3, -0.25) is 4.79 Å². The van der Waals surface area contributed by atoms with Crippen LogP contribution in [0.4, 0.5) is 0 Å². The van der Waals surface area contributed by atoms with E-state index in [9.17, 15) is 13.2 Å². The van der Waals surface area contributed by atoms with Crippen molar-refractivity contribution >= 4 is 15.9 Å². The summed E-state index contributed by atoms with van der Waals surface area (Å²) in [7, 11) is -3.11. The maximum Gasteiger partial charge on any atom is 0.220 e. The predicted molar refractivity (Wildman–Crippen MR) is 74.1 cm³/mol. The summed E-state index contributed by atoms with van der Waals surface area (Å²) in [6, 6.07) is 0.304. The molecular weight excluding hydrogens is 264 g/mol. The zero-order valence-corrected chi connectivity index (χ0v) is 12.7. The second kappa shape index (κ2) is 5.40. The molecule has 2 bridgehead atoms. The topological polar surface area (TPSA) is 66.5 Å². The Hall–Kier alpha value is -0.620. The van der Waals surface area contributed by atoms with Crippen LogP contribution < -0.4 is 5.32 Å². The fraction of sp³-hybridized carbons (Fsp3) is 0.923. The number of rotatable bonds is 4. The van der Waals surface area contributed by atoms with Crippen LogP contribution in [0, 0.1) is 5.92 Å². The number of carbonyl (C=O) groups is 1. The highest BCUT2D eigenvalue weighted by Gasteiger charge is 2.45. The zero-order chi connectivity index (χ0) is 14.2. The Labute approximate surface area is 115 Å². The molecule has 0 aromatic carbocycles. The molecule has 1 N–H and O–H groups in total. The van der Waals surface area contributed by atoms with E-state index in [0.29, 0.717) is 12.3 Å². The molecule has 2 fully saturated rings. The van der Waals surface area contributed by atoms with Crippen molar-refractivity contribution in [2.75, 3.05) is 6.26 Å². The number of hydrogen-bond donors (Lipinski definition) is 1. The molecular formula is C13H24N2O3S. The quantitative estimate of drug-likeness (QED) is 0.842.